The predicted molar refractivity (Wildman–Crippen MR) is 86.8 cm³/mol. The Morgan fingerprint density at radius 3 is 2.62 bits per heavy atom. The summed E-state index contributed by atoms with van der Waals surface area (Å²) in [6.45, 7) is 2.25. The van der Waals surface area contributed by atoms with Gasteiger partial charge in [0, 0.05) is 6.07 Å². The predicted octanol–water partition coefficient (Wildman–Crippen LogP) is 3.77. The van der Waals surface area contributed by atoms with Crippen molar-refractivity contribution in [3.63, 3.8) is 0 Å². The Kier molecular flexibility index (Phi) is 4.37. The number of amides is 1. The van der Waals surface area contributed by atoms with Gasteiger partial charge >= 0.3 is 0 Å². The molecule has 0 atom stereocenters. The lowest BCUT2D eigenvalue weighted by Crippen LogP contribution is -2.17. The van der Waals surface area contributed by atoms with Gasteiger partial charge in [0.2, 0.25) is 0 Å². The SMILES string of the molecule is Cc1cc(NC(=O)c2cc(F)ccc2F)n(Cc2ccccc2)n1. The summed E-state index contributed by atoms with van der Waals surface area (Å²) >= 11 is 0. The standard InChI is InChI=1S/C18H15F2N3O/c1-12-9-17(23(22-12)11-13-5-3-2-4-6-13)21-18(24)15-10-14(19)7-8-16(15)20/h2-10H,11H2,1H3,(H,21,24). The van der Waals surface area contributed by atoms with Crippen LogP contribution in [0.2, 0.25) is 0 Å². The molecule has 4 nitrogen and oxygen atoms in total. The molecule has 0 saturated heterocycles. The van der Waals surface area contributed by atoms with Gasteiger partial charge in [-0.05, 0) is 30.7 Å². The van der Waals surface area contributed by atoms with Crippen molar-refractivity contribution in [2.45, 2.75) is 13.5 Å². The molecule has 1 N–H and O–H groups in total. The van der Waals surface area contributed by atoms with Gasteiger partial charge in [-0.1, -0.05) is 30.3 Å². The highest BCUT2D eigenvalue weighted by Gasteiger charge is 2.16. The molecule has 0 saturated carbocycles. The molecule has 6 heteroatoms. The second kappa shape index (κ2) is 6.62. The number of hydrogen-bond acceptors (Lipinski definition) is 2. The lowest BCUT2D eigenvalue weighted by Gasteiger charge is -2.09. The second-order valence-corrected chi connectivity index (χ2v) is 5.39. The fraction of sp³-hybridized carbons (Fsp3) is 0.111. The van der Waals surface area contributed by atoms with Crippen molar-refractivity contribution >= 4 is 11.7 Å². The molecule has 0 radical (unpaired) electrons. The fourth-order valence-corrected chi connectivity index (χ4v) is 2.38. The Labute approximate surface area is 137 Å². The summed E-state index contributed by atoms with van der Waals surface area (Å²) in [6.07, 6.45) is 0. The van der Waals surface area contributed by atoms with Crippen LogP contribution >= 0.6 is 0 Å². The molecule has 0 aliphatic carbocycles. The van der Waals surface area contributed by atoms with Crippen LogP contribution in [0.25, 0.3) is 0 Å². The van der Waals surface area contributed by atoms with Gasteiger partial charge in [-0.25, -0.2) is 13.5 Å². The lowest BCUT2D eigenvalue weighted by molar-refractivity contribution is 0.102. The van der Waals surface area contributed by atoms with E-state index in [9.17, 15) is 13.6 Å². The van der Waals surface area contributed by atoms with Crippen LogP contribution in [-0.2, 0) is 6.54 Å². The van der Waals surface area contributed by atoms with Crippen molar-refractivity contribution in [1.29, 1.82) is 0 Å². The zero-order valence-corrected chi connectivity index (χ0v) is 13.0. The van der Waals surface area contributed by atoms with Gasteiger partial charge in [-0.15, -0.1) is 0 Å². The molecular weight excluding hydrogens is 312 g/mol. The third-order valence-electron chi connectivity index (χ3n) is 3.49. The Balaban J connectivity index is 1.85. The summed E-state index contributed by atoms with van der Waals surface area (Å²) in [7, 11) is 0. The van der Waals surface area contributed by atoms with E-state index in [0.717, 1.165) is 23.8 Å². The van der Waals surface area contributed by atoms with E-state index in [1.165, 1.54) is 0 Å². The number of aryl methyl sites for hydroxylation is 1. The Bertz CT molecular complexity index is 875. The molecule has 3 aromatic rings. The molecular formula is C18H15F2N3O. The summed E-state index contributed by atoms with van der Waals surface area (Å²) in [5, 5.41) is 6.92. The van der Waals surface area contributed by atoms with Gasteiger partial charge < -0.3 is 5.32 Å². The minimum atomic E-state index is -0.778. The lowest BCUT2D eigenvalue weighted by atomic mass is 10.2. The van der Waals surface area contributed by atoms with E-state index in [2.05, 4.69) is 10.4 Å². The van der Waals surface area contributed by atoms with Crippen molar-refractivity contribution in [3.8, 4) is 0 Å². The first kappa shape index (κ1) is 15.9. The van der Waals surface area contributed by atoms with Crippen molar-refractivity contribution in [1.82, 2.24) is 9.78 Å². The van der Waals surface area contributed by atoms with Crippen LogP contribution in [0.4, 0.5) is 14.6 Å². The molecule has 0 spiro atoms. The second-order valence-electron chi connectivity index (χ2n) is 5.39. The highest BCUT2D eigenvalue weighted by Crippen LogP contribution is 2.16. The van der Waals surface area contributed by atoms with Gasteiger partial charge in [0.15, 0.2) is 0 Å². The number of hydrogen-bond donors (Lipinski definition) is 1. The third-order valence-corrected chi connectivity index (χ3v) is 3.49. The van der Waals surface area contributed by atoms with E-state index >= 15 is 0 Å². The molecule has 1 heterocycles. The van der Waals surface area contributed by atoms with Crippen LogP contribution < -0.4 is 5.32 Å². The fourth-order valence-electron chi connectivity index (χ4n) is 2.38. The van der Waals surface area contributed by atoms with Crippen LogP contribution in [0.5, 0.6) is 0 Å². The number of rotatable bonds is 4. The molecule has 1 aromatic heterocycles. The number of aromatic nitrogens is 2. The Hall–Kier alpha value is -3.02. The summed E-state index contributed by atoms with van der Waals surface area (Å²) in [5.41, 5.74) is 1.37. The maximum Gasteiger partial charge on any atom is 0.259 e. The van der Waals surface area contributed by atoms with E-state index < -0.39 is 17.5 Å². The van der Waals surface area contributed by atoms with Crippen molar-refractivity contribution in [2.24, 2.45) is 0 Å². The first-order chi connectivity index (χ1) is 11.5. The number of benzene rings is 2. The number of anilines is 1. The van der Waals surface area contributed by atoms with Crippen LogP contribution in [0.1, 0.15) is 21.6 Å². The van der Waals surface area contributed by atoms with Gasteiger partial charge in [-0.3, -0.25) is 4.79 Å². The smallest absolute Gasteiger partial charge is 0.259 e. The van der Waals surface area contributed by atoms with Gasteiger partial charge in [0.05, 0.1) is 17.8 Å². The molecule has 0 bridgehead atoms. The maximum atomic E-state index is 13.7. The molecule has 1 amide bonds. The summed E-state index contributed by atoms with van der Waals surface area (Å²) in [6, 6.07) is 14.1. The monoisotopic (exact) mass is 327 g/mol. The summed E-state index contributed by atoms with van der Waals surface area (Å²) in [5.74, 6) is -1.75. The molecule has 24 heavy (non-hydrogen) atoms. The quantitative estimate of drug-likeness (QED) is 0.793. The van der Waals surface area contributed by atoms with Crippen LogP contribution in [-0.4, -0.2) is 15.7 Å². The van der Waals surface area contributed by atoms with E-state index in [1.807, 2.05) is 30.3 Å². The number of carbonyl (C=O) groups is 1. The summed E-state index contributed by atoms with van der Waals surface area (Å²) < 4.78 is 28.6. The van der Waals surface area contributed by atoms with Gasteiger partial charge in [-0.2, -0.15) is 5.10 Å². The van der Waals surface area contributed by atoms with Crippen LogP contribution in [0.3, 0.4) is 0 Å². The first-order valence-corrected chi connectivity index (χ1v) is 7.38. The van der Waals surface area contributed by atoms with Crippen molar-refractivity contribution in [3.05, 3.63) is 83.1 Å². The minimum Gasteiger partial charge on any atom is -0.307 e. The highest BCUT2D eigenvalue weighted by molar-refractivity contribution is 6.04. The Morgan fingerprint density at radius 2 is 1.88 bits per heavy atom. The number of nitrogens with one attached hydrogen (secondary N) is 1. The summed E-state index contributed by atoms with van der Waals surface area (Å²) in [4.78, 5) is 12.2. The number of halogens is 2. The maximum absolute atomic E-state index is 13.7. The van der Waals surface area contributed by atoms with Crippen LogP contribution in [0.15, 0.2) is 54.6 Å². The molecule has 2 aromatic carbocycles. The average Bonchev–Trinajstić information content (AvgIpc) is 2.90. The largest absolute Gasteiger partial charge is 0.307 e. The number of carbonyl (C=O) groups excluding carboxylic acids is 1. The highest BCUT2D eigenvalue weighted by atomic mass is 19.1. The molecule has 0 aliphatic heterocycles. The topological polar surface area (TPSA) is 46.9 Å². The zero-order chi connectivity index (χ0) is 17.1. The molecule has 122 valence electrons. The van der Waals surface area contributed by atoms with E-state index in [-0.39, 0.29) is 5.56 Å². The molecule has 0 aliphatic rings. The zero-order valence-electron chi connectivity index (χ0n) is 13.0. The Morgan fingerprint density at radius 1 is 1.12 bits per heavy atom. The van der Waals surface area contributed by atoms with Gasteiger partial charge in [0.25, 0.3) is 5.91 Å². The van der Waals surface area contributed by atoms with Crippen molar-refractivity contribution in [2.75, 3.05) is 5.32 Å². The van der Waals surface area contributed by atoms with Crippen LogP contribution in [0, 0.1) is 18.6 Å². The van der Waals surface area contributed by atoms with E-state index in [1.54, 1.807) is 17.7 Å². The van der Waals surface area contributed by atoms with E-state index in [4.69, 9.17) is 0 Å². The number of nitrogens with zero attached hydrogens (tertiary/aromatic N) is 2. The molecule has 0 fully saturated rings. The minimum absolute atomic E-state index is 0.347. The molecule has 3 rings (SSSR count). The third kappa shape index (κ3) is 3.48. The van der Waals surface area contributed by atoms with Crippen molar-refractivity contribution < 1.29 is 13.6 Å². The van der Waals surface area contributed by atoms with E-state index in [0.29, 0.717) is 18.1 Å². The first-order valence-electron chi connectivity index (χ1n) is 7.38. The van der Waals surface area contributed by atoms with Gasteiger partial charge in [0.1, 0.15) is 17.5 Å². The molecule has 0 unspecified atom stereocenters. The normalized spacial score (nSPS) is 10.6. The average molecular weight is 327 g/mol.